The van der Waals surface area contributed by atoms with Crippen LogP contribution in [0.25, 0.3) is 0 Å². The number of carbonyl (C=O) groups is 3. The smallest absolute Gasteiger partial charge is 0.265 e. The van der Waals surface area contributed by atoms with Crippen LogP contribution in [0, 0.1) is 5.92 Å². The van der Waals surface area contributed by atoms with Crippen molar-refractivity contribution in [2.24, 2.45) is 5.92 Å². The van der Waals surface area contributed by atoms with Gasteiger partial charge in [-0.05, 0) is 37.1 Å². The van der Waals surface area contributed by atoms with Crippen LogP contribution >= 0.6 is 11.3 Å². The number of hydrogen-bond donors (Lipinski definition) is 3. The fourth-order valence-corrected chi connectivity index (χ4v) is 3.96. The molecule has 0 bridgehead atoms. The van der Waals surface area contributed by atoms with Crippen molar-refractivity contribution in [1.29, 1.82) is 0 Å². The van der Waals surface area contributed by atoms with E-state index in [1.165, 1.54) is 25.6 Å². The van der Waals surface area contributed by atoms with Crippen molar-refractivity contribution in [3.63, 3.8) is 0 Å². The molecule has 0 saturated heterocycles. The van der Waals surface area contributed by atoms with Gasteiger partial charge >= 0.3 is 0 Å². The molecule has 0 atom stereocenters. The molecule has 1 aliphatic carbocycles. The molecule has 3 N–H and O–H groups in total. The fourth-order valence-electron chi connectivity index (χ4n) is 3.16. The molecule has 33 heavy (non-hydrogen) atoms. The number of thiophene rings is 1. The van der Waals surface area contributed by atoms with E-state index < -0.39 is 0 Å². The van der Waals surface area contributed by atoms with Gasteiger partial charge in [0.05, 0.1) is 35.5 Å². The zero-order valence-corrected chi connectivity index (χ0v) is 19.0. The quantitative estimate of drug-likeness (QED) is 0.450. The van der Waals surface area contributed by atoms with Crippen molar-refractivity contribution in [3.8, 4) is 11.5 Å². The third-order valence-corrected chi connectivity index (χ3v) is 6.08. The standard InChI is InChI=1S/C24H23N3O5S/c1-31-18-13-17(19(32-2)12-16(18)25-22(28)14-6-4-3-5-7-14)26-24(30)20-10-11-21(33-20)27-23(29)15-8-9-15/h3-7,10-13,15H,8-9H2,1-2H3,(H,25,28)(H,26,30)(H,27,29). The Morgan fingerprint density at radius 2 is 1.42 bits per heavy atom. The summed E-state index contributed by atoms with van der Waals surface area (Å²) in [5.41, 5.74) is 1.29. The summed E-state index contributed by atoms with van der Waals surface area (Å²) in [7, 11) is 2.94. The van der Waals surface area contributed by atoms with Gasteiger partial charge in [0.1, 0.15) is 11.5 Å². The van der Waals surface area contributed by atoms with E-state index in [-0.39, 0.29) is 23.6 Å². The molecule has 4 rings (SSSR count). The molecule has 170 valence electrons. The van der Waals surface area contributed by atoms with Crippen LogP contribution in [0.2, 0.25) is 0 Å². The summed E-state index contributed by atoms with van der Waals surface area (Å²) in [4.78, 5) is 37.7. The maximum absolute atomic E-state index is 12.8. The molecule has 3 aromatic rings. The Morgan fingerprint density at radius 1 is 0.818 bits per heavy atom. The number of ether oxygens (including phenoxy) is 2. The number of carbonyl (C=O) groups excluding carboxylic acids is 3. The molecule has 0 spiro atoms. The first-order chi connectivity index (χ1) is 16.0. The van der Waals surface area contributed by atoms with Gasteiger partial charge < -0.3 is 25.4 Å². The lowest BCUT2D eigenvalue weighted by Gasteiger charge is -2.16. The van der Waals surface area contributed by atoms with E-state index in [1.807, 2.05) is 6.07 Å². The first-order valence-corrected chi connectivity index (χ1v) is 11.1. The Morgan fingerprint density at radius 3 is 2.00 bits per heavy atom. The van der Waals surface area contributed by atoms with Gasteiger partial charge in [0, 0.05) is 23.6 Å². The van der Waals surface area contributed by atoms with E-state index in [2.05, 4.69) is 16.0 Å². The Kier molecular flexibility index (Phi) is 6.60. The van der Waals surface area contributed by atoms with Gasteiger partial charge in [-0.25, -0.2) is 0 Å². The predicted octanol–water partition coefficient (Wildman–Crippen LogP) is 4.62. The Hall–Kier alpha value is -3.85. The van der Waals surface area contributed by atoms with Crippen LogP contribution in [0.4, 0.5) is 16.4 Å². The molecule has 2 aromatic carbocycles. The maximum atomic E-state index is 12.8. The average molecular weight is 466 g/mol. The van der Waals surface area contributed by atoms with Gasteiger partial charge in [-0.2, -0.15) is 0 Å². The number of methoxy groups -OCH3 is 2. The summed E-state index contributed by atoms with van der Waals surface area (Å²) >= 11 is 1.19. The summed E-state index contributed by atoms with van der Waals surface area (Å²) in [5.74, 6) is 0.135. The number of amides is 3. The third kappa shape index (κ3) is 5.32. The predicted molar refractivity (Wildman–Crippen MR) is 128 cm³/mol. The molecule has 9 heteroatoms. The summed E-state index contributed by atoms with van der Waals surface area (Å²) in [6, 6.07) is 15.3. The summed E-state index contributed by atoms with van der Waals surface area (Å²) < 4.78 is 10.8. The third-order valence-electron chi connectivity index (χ3n) is 5.08. The van der Waals surface area contributed by atoms with Crippen LogP contribution in [0.3, 0.4) is 0 Å². The lowest BCUT2D eigenvalue weighted by atomic mass is 10.2. The molecule has 0 radical (unpaired) electrons. The van der Waals surface area contributed by atoms with Crippen molar-refractivity contribution in [2.75, 3.05) is 30.2 Å². The average Bonchev–Trinajstić information content (AvgIpc) is 3.59. The minimum absolute atomic E-state index is 0.0108. The van der Waals surface area contributed by atoms with E-state index in [0.717, 1.165) is 12.8 Å². The summed E-state index contributed by atoms with van der Waals surface area (Å²) in [5, 5.41) is 9.08. The van der Waals surface area contributed by atoms with Crippen LogP contribution in [0.15, 0.2) is 54.6 Å². The highest BCUT2D eigenvalue weighted by Gasteiger charge is 2.30. The van der Waals surface area contributed by atoms with Crippen molar-refractivity contribution < 1.29 is 23.9 Å². The van der Waals surface area contributed by atoms with E-state index in [4.69, 9.17) is 9.47 Å². The van der Waals surface area contributed by atoms with Crippen LogP contribution in [0.5, 0.6) is 11.5 Å². The highest BCUT2D eigenvalue weighted by Crippen LogP contribution is 2.37. The highest BCUT2D eigenvalue weighted by atomic mass is 32.1. The monoisotopic (exact) mass is 465 g/mol. The second-order valence-electron chi connectivity index (χ2n) is 7.45. The van der Waals surface area contributed by atoms with Crippen LogP contribution in [-0.2, 0) is 4.79 Å². The minimum Gasteiger partial charge on any atom is -0.494 e. The number of nitrogens with one attached hydrogen (secondary N) is 3. The minimum atomic E-state index is -0.353. The van der Waals surface area contributed by atoms with Gasteiger partial charge in [-0.15, -0.1) is 11.3 Å². The van der Waals surface area contributed by atoms with E-state index >= 15 is 0 Å². The van der Waals surface area contributed by atoms with Crippen molar-refractivity contribution in [1.82, 2.24) is 0 Å². The summed E-state index contributed by atoms with van der Waals surface area (Å²) in [6.45, 7) is 0. The number of rotatable bonds is 8. The maximum Gasteiger partial charge on any atom is 0.265 e. The second-order valence-corrected chi connectivity index (χ2v) is 8.54. The second kappa shape index (κ2) is 9.74. The molecule has 1 aliphatic rings. The molecule has 0 unspecified atom stereocenters. The van der Waals surface area contributed by atoms with Crippen LogP contribution in [-0.4, -0.2) is 31.9 Å². The van der Waals surface area contributed by atoms with E-state index in [1.54, 1.807) is 48.5 Å². The highest BCUT2D eigenvalue weighted by molar-refractivity contribution is 7.18. The number of benzene rings is 2. The number of hydrogen-bond acceptors (Lipinski definition) is 6. The van der Waals surface area contributed by atoms with Crippen LogP contribution < -0.4 is 25.4 Å². The molecule has 3 amide bonds. The molecule has 1 aromatic heterocycles. The normalized spacial score (nSPS) is 12.5. The first-order valence-electron chi connectivity index (χ1n) is 10.3. The molecular weight excluding hydrogens is 442 g/mol. The lowest BCUT2D eigenvalue weighted by Crippen LogP contribution is -2.14. The molecular formula is C24H23N3O5S. The largest absolute Gasteiger partial charge is 0.494 e. The summed E-state index contributed by atoms with van der Waals surface area (Å²) in [6.07, 6.45) is 1.82. The van der Waals surface area contributed by atoms with Crippen LogP contribution in [0.1, 0.15) is 32.9 Å². The van der Waals surface area contributed by atoms with E-state index in [9.17, 15) is 14.4 Å². The fraction of sp³-hybridized carbons (Fsp3) is 0.208. The van der Waals surface area contributed by atoms with Gasteiger partial charge in [0.25, 0.3) is 11.8 Å². The SMILES string of the molecule is COc1cc(NC(=O)c2ccc(NC(=O)C3CC3)s2)c(OC)cc1NC(=O)c1ccccc1. The Balaban J connectivity index is 1.50. The zero-order chi connectivity index (χ0) is 23.4. The topological polar surface area (TPSA) is 106 Å². The first kappa shape index (κ1) is 22.3. The van der Waals surface area contributed by atoms with Gasteiger partial charge in [0.2, 0.25) is 5.91 Å². The molecule has 1 heterocycles. The van der Waals surface area contributed by atoms with Gasteiger partial charge in [0.15, 0.2) is 0 Å². The van der Waals surface area contributed by atoms with Crippen molar-refractivity contribution >= 4 is 45.4 Å². The van der Waals surface area contributed by atoms with E-state index in [0.29, 0.717) is 38.3 Å². The number of anilines is 3. The van der Waals surface area contributed by atoms with Crippen molar-refractivity contribution in [3.05, 3.63) is 65.0 Å². The zero-order valence-electron chi connectivity index (χ0n) is 18.1. The Labute approximate surface area is 194 Å². The molecule has 0 aliphatic heterocycles. The molecule has 1 fully saturated rings. The van der Waals surface area contributed by atoms with Crippen molar-refractivity contribution in [2.45, 2.75) is 12.8 Å². The Bertz CT molecular complexity index is 1190. The van der Waals surface area contributed by atoms with Gasteiger partial charge in [-0.3, -0.25) is 14.4 Å². The molecule has 1 saturated carbocycles. The van der Waals surface area contributed by atoms with Gasteiger partial charge in [-0.1, -0.05) is 18.2 Å². The molecule has 8 nitrogen and oxygen atoms in total. The lowest BCUT2D eigenvalue weighted by molar-refractivity contribution is -0.117.